The van der Waals surface area contributed by atoms with Gasteiger partial charge >= 0.3 is 0 Å². The number of hydrogen-bond acceptors (Lipinski definition) is 3. The fraction of sp³-hybridized carbons (Fsp3) is 0.667. The second kappa shape index (κ2) is 8.04. The molecule has 2 saturated carbocycles. The van der Waals surface area contributed by atoms with E-state index in [1.807, 2.05) is 10.7 Å². The second-order valence-corrected chi connectivity index (χ2v) is 11.2. The van der Waals surface area contributed by atoms with Gasteiger partial charge in [0.2, 0.25) is 0 Å². The molecule has 2 aromatic rings. The van der Waals surface area contributed by atoms with E-state index < -0.39 is 0 Å². The fourth-order valence-electron chi connectivity index (χ4n) is 8.08. The van der Waals surface area contributed by atoms with Gasteiger partial charge in [-0.25, -0.2) is 4.68 Å². The summed E-state index contributed by atoms with van der Waals surface area (Å²) in [6.45, 7) is 8.42. The maximum absolute atomic E-state index is 10.5. The Morgan fingerprint density at radius 1 is 1.16 bits per heavy atom. The van der Waals surface area contributed by atoms with Gasteiger partial charge in [0.1, 0.15) is 0 Å². The third-order valence-electron chi connectivity index (χ3n) is 9.64. The van der Waals surface area contributed by atoms with Crippen LogP contribution >= 0.6 is 0 Å². The van der Waals surface area contributed by atoms with Crippen LogP contribution in [-0.2, 0) is 12.8 Å². The molecular weight excluding hydrogens is 382 g/mol. The van der Waals surface area contributed by atoms with E-state index in [0.717, 1.165) is 48.7 Å². The maximum Gasteiger partial charge on any atom is 0.0665 e. The molecule has 168 valence electrons. The van der Waals surface area contributed by atoms with Crippen LogP contribution in [0.1, 0.15) is 51.3 Å². The lowest BCUT2D eigenvalue weighted by molar-refractivity contribution is -0.0605. The molecule has 0 amide bonds. The summed E-state index contributed by atoms with van der Waals surface area (Å²) in [5.74, 6) is 4.58. The molecule has 1 heterocycles. The first-order valence-electron chi connectivity index (χ1n) is 12.4. The average molecular weight is 422 g/mol. The monoisotopic (exact) mass is 421 g/mol. The van der Waals surface area contributed by atoms with Gasteiger partial charge in [0.05, 0.1) is 11.4 Å². The summed E-state index contributed by atoms with van der Waals surface area (Å²) in [5.41, 5.74) is 10.2. The zero-order chi connectivity index (χ0) is 21.8. The van der Waals surface area contributed by atoms with Crippen molar-refractivity contribution in [2.24, 2.45) is 52.6 Å². The molecule has 3 aliphatic carbocycles. The largest absolute Gasteiger partial charge is 0.396 e. The van der Waals surface area contributed by atoms with Gasteiger partial charge in [0.25, 0.3) is 0 Å². The van der Waals surface area contributed by atoms with Gasteiger partial charge in [0.15, 0.2) is 0 Å². The van der Waals surface area contributed by atoms with E-state index in [0.29, 0.717) is 11.8 Å². The lowest BCUT2D eigenvalue weighted by Crippen LogP contribution is -2.53. The first-order chi connectivity index (χ1) is 15.0. The molecule has 1 aromatic carbocycles. The molecule has 8 atom stereocenters. The molecule has 2 fully saturated rings. The Hall–Kier alpha value is -1.65. The van der Waals surface area contributed by atoms with E-state index in [4.69, 9.17) is 10.8 Å². The summed E-state index contributed by atoms with van der Waals surface area (Å²) >= 11 is 0. The zero-order valence-electron chi connectivity index (χ0n) is 19.4. The highest BCUT2D eigenvalue weighted by Gasteiger charge is 2.55. The van der Waals surface area contributed by atoms with Crippen LogP contribution < -0.4 is 5.73 Å². The van der Waals surface area contributed by atoms with E-state index in [1.165, 1.54) is 30.5 Å². The molecule has 0 unspecified atom stereocenters. The standard InChI is InChI=1S/C27H39N3O/c1-17-9-10-22-23(14-28)24(11-18(2)26(17)22)27(3)13-19-15-30(21-7-5-4-6-8-21)29-25(19)12-20(27)16-31/h4-8,15,17-18,20,22-24,26,31H,9-14,16,28H2,1-3H3/t17-,18+,20+,22+,23-,24-,26+,27-/m0/s1. The molecule has 3 aliphatic rings. The minimum Gasteiger partial charge on any atom is -0.396 e. The number of benzene rings is 1. The van der Waals surface area contributed by atoms with Crippen LogP contribution in [0.15, 0.2) is 36.5 Å². The molecule has 4 nitrogen and oxygen atoms in total. The normalized spacial score (nSPS) is 39.8. The van der Waals surface area contributed by atoms with Crippen LogP contribution in [0.25, 0.3) is 5.69 Å². The van der Waals surface area contributed by atoms with Crippen molar-refractivity contribution in [3.05, 3.63) is 47.8 Å². The summed E-state index contributed by atoms with van der Waals surface area (Å²) in [6.07, 6.45) is 8.06. The first kappa shape index (κ1) is 21.2. The van der Waals surface area contributed by atoms with Crippen molar-refractivity contribution in [1.82, 2.24) is 9.78 Å². The molecule has 0 saturated heterocycles. The predicted octanol–water partition coefficient (Wildman–Crippen LogP) is 4.48. The number of aliphatic hydroxyl groups excluding tert-OH is 1. The van der Waals surface area contributed by atoms with Crippen molar-refractivity contribution in [3.8, 4) is 5.69 Å². The van der Waals surface area contributed by atoms with Crippen molar-refractivity contribution < 1.29 is 5.11 Å². The Morgan fingerprint density at radius 2 is 1.94 bits per heavy atom. The molecule has 31 heavy (non-hydrogen) atoms. The van der Waals surface area contributed by atoms with Crippen LogP contribution in [0, 0.1) is 46.8 Å². The smallest absolute Gasteiger partial charge is 0.0665 e. The highest BCUT2D eigenvalue weighted by Crippen LogP contribution is 2.59. The number of nitrogens with zero attached hydrogens (tertiary/aromatic N) is 2. The Morgan fingerprint density at radius 3 is 2.65 bits per heavy atom. The SMILES string of the molecule is C[C@@H]1C[C@H]([C@@]2(C)Cc3cn(-c4ccccc4)nc3C[C@@H]2CO)[C@@H](CN)[C@H]2CC[C@H](C)[C@@H]21. The maximum atomic E-state index is 10.5. The quantitative estimate of drug-likeness (QED) is 0.765. The zero-order valence-corrected chi connectivity index (χ0v) is 19.4. The van der Waals surface area contributed by atoms with Crippen LogP contribution in [0.5, 0.6) is 0 Å². The minimum absolute atomic E-state index is 0.0708. The Balaban J connectivity index is 1.49. The number of fused-ring (bicyclic) bond motifs is 2. The number of nitrogens with two attached hydrogens (primary N) is 1. The molecule has 4 heteroatoms. The number of aromatic nitrogens is 2. The number of hydrogen-bond donors (Lipinski definition) is 2. The Kier molecular flexibility index (Phi) is 5.50. The summed E-state index contributed by atoms with van der Waals surface area (Å²) in [5, 5.41) is 15.4. The van der Waals surface area contributed by atoms with Crippen LogP contribution in [0.4, 0.5) is 0 Å². The summed E-state index contributed by atoms with van der Waals surface area (Å²) < 4.78 is 2.03. The van der Waals surface area contributed by atoms with Crippen LogP contribution in [0.2, 0.25) is 0 Å². The molecule has 0 bridgehead atoms. The van der Waals surface area contributed by atoms with Crippen molar-refractivity contribution in [2.45, 2.75) is 52.9 Å². The Labute approximate surface area is 187 Å². The van der Waals surface area contributed by atoms with E-state index in [-0.39, 0.29) is 17.9 Å². The van der Waals surface area contributed by atoms with Gasteiger partial charge in [0, 0.05) is 12.8 Å². The van der Waals surface area contributed by atoms with Gasteiger partial charge < -0.3 is 10.8 Å². The molecule has 0 spiro atoms. The Bertz CT molecular complexity index is 908. The van der Waals surface area contributed by atoms with Crippen molar-refractivity contribution in [3.63, 3.8) is 0 Å². The average Bonchev–Trinajstić information content (AvgIpc) is 3.37. The van der Waals surface area contributed by atoms with Crippen molar-refractivity contribution in [1.29, 1.82) is 0 Å². The highest BCUT2D eigenvalue weighted by atomic mass is 16.3. The van der Waals surface area contributed by atoms with Gasteiger partial charge in [-0.15, -0.1) is 0 Å². The van der Waals surface area contributed by atoms with Crippen LogP contribution in [-0.4, -0.2) is 28.0 Å². The van der Waals surface area contributed by atoms with Gasteiger partial charge in [-0.1, -0.05) is 45.4 Å². The van der Waals surface area contributed by atoms with E-state index in [9.17, 15) is 5.11 Å². The van der Waals surface area contributed by atoms with Crippen molar-refractivity contribution >= 4 is 0 Å². The molecule has 0 aliphatic heterocycles. The number of rotatable bonds is 4. The van der Waals surface area contributed by atoms with Crippen molar-refractivity contribution in [2.75, 3.05) is 13.2 Å². The van der Waals surface area contributed by atoms with Gasteiger partial charge in [-0.05, 0) is 96.8 Å². The van der Waals surface area contributed by atoms with Gasteiger partial charge in [-0.2, -0.15) is 5.10 Å². The lowest BCUT2D eigenvalue weighted by atomic mass is 9.50. The predicted molar refractivity (Wildman–Crippen MR) is 125 cm³/mol. The molecule has 3 N–H and O–H groups in total. The first-order valence-corrected chi connectivity index (χ1v) is 12.4. The fourth-order valence-corrected chi connectivity index (χ4v) is 8.08. The molecule has 1 aromatic heterocycles. The topological polar surface area (TPSA) is 64.1 Å². The molecule has 0 radical (unpaired) electrons. The second-order valence-electron chi connectivity index (χ2n) is 11.2. The number of aliphatic hydroxyl groups is 1. The van der Waals surface area contributed by atoms with Crippen LogP contribution in [0.3, 0.4) is 0 Å². The third-order valence-corrected chi connectivity index (χ3v) is 9.64. The third kappa shape index (κ3) is 3.38. The minimum atomic E-state index is 0.0708. The summed E-state index contributed by atoms with van der Waals surface area (Å²) in [4.78, 5) is 0. The van der Waals surface area contributed by atoms with Gasteiger partial charge in [-0.3, -0.25) is 0 Å². The summed E-state index contributed by atoms with van der Waals surface area (Å²) in [6, 6.07) is 10.4. The lowest BCUT2D eigenvalue weighted by Gasteiger charge is -2.55. The molecule has 5 rings (SSSR count). The highest BCUT2D eigenvalue weighted by molar-refractivity contribution is 5.34. The van der Waals surface area contributed by atoms with E-state index >= 15 is 0 Å². The molecular formula is C27H39N3O. The summed E-state index contributed by atoms with van der Waals surface area (Å²) in [7, 11) is 0. The van der Waals surface area contributed by atoms with E-state index in [2.05, 4.69) is 51.2 Å². The number of para-hydroxylation sites is 1. The van der Waals surface area contributed by atoms with E-state index in [1.54, 1.807) is 0 Å².